The Bertz CT molecular complexity index is 1660. The third-order valence-electron chi connectivity index (χ3n) is 5.60. The highest BCUT2D eigenvalue weighted by Crippen LogP contribution is 2.24. The first kappa shape index (κ1) is 26.8. The molecule has 0 atom stereocenters. The normalized spacial score (nSPS) is 10.2. The van der Waals surface area contributed by atoms with Crippen LogP contribution < -0.4 is 16.9 Å². The molecular formula is C30H26BBrN4O2. The van der Waals surface area contributed by atoms with Gasteiger partial charge in [-0.15, -0.1) is 0 Å². The summed E-state index contributed by atoms with van der Waals surface area (Å²) in [7, 11) is -1.43. The number of nitrogens with two attached hydrogens (primary N) is 2. The van der Waals surface area contributed by atoms with Crippen molar-refractivity contribution >= 4 is 61.7 Å². The Morgan fingerprint density at radius 2 is 1.16 bits per heavy atom. The van der Waals surface area contributed by atoms with Gasteiger partial charge in [0.25, 0.3) is 0 Å². The lowest BCUT2D eigenvalue weighted by Gasteiger charge is -2.04. The fourth-order valence-corrected chi connectivity index (χ4v) is 4.12. The van der Waals surface area contributed by atoms with Crippen LogP contribution in [0, 0.1) is 0 Å². The third kappa shape index (κ3) is 7.39. The zero-order chi connectivity index (χ0) is 26.9. The minimum atomic E-state index is -1.43. The van der Waals surface area contributed by atoms with Gasteiger partial charge in [0.05, 0.1) is 11.0 Å². The topological polar surface area (TPSA) is 118 Å². The smallest absolute Gasteiger partial charge is 0.423 e. The molecule has 0 amide bonds. The first-order valence-electron chi connectivity index (χ1n) is 11.8. The summed E-state index contributed by atoms with van der Waals surface area (Å²) in [4.78, 5) is 8.51. The van der Waals surface area contributed by atoms with Crippen LogP contribution >= 0.6 is 15.9 Å². The molecule has 0 radical (unpaired) electrons. The molecule has 0 aliphatic carbocycles. The summed E-state index contributed by atoms with van der Waals surface area (Å²) in [5.41, 5.74) is 17.3. The summed E-state index contributed by atoms with van der Waals surface area (Å²) >= 11 is 3.40. The van der Waals surface area contributed by atoms with Crippen molar-refractivity contribution in [3.63, 3.8) is 0 Å². The van der Waals surface area contributed by atoms with Crippen LogP contribution in [-0.2, 0) is 0 Å². The van der Waals surface area contributed by atoms with Gasteiger partial charge in [-0.1, -0.05) is 58.4 Å². The van der Waals surface area contributed by atoms with E-state index in [1.54, 1.807) is 24.4 Å². The van der Waals surface area contributed by atoms with Gasteiger partial charge in [-0.2, -0.15) is 0 Å². The number of nitrogens with zero attached hydrogens (tertiary/aromatic N) is 2. The molecule has 4 aromatic carbocycles. The van der Waals surface area contributed by atoms with E-state index in [0.717, 1.165) is 37.7 Å². The highest BCUT2D eigenvalue weighted by atomic mass is 79.9. The predicted octanol–water partition coefficient (Wildman–Crippen LogP) is 5.43. The van der Waals surface area contributed by atoms with Crippen molar-refractivity contribution in [2.45, 2.75) is 0 Å². The number of benzene rings is 4. The van der Waals surface area contributed by atoms with Gasteiger partial charge in [-0.25, -0.2) is 0 Å². The molecule has 6 rings (SSSR count). The Morgan fingerprint density at radius 3 is 1.76 bits per heavy atom. The van der Waals surface area contributed by atoms with Crippen molar-refractivity contribution in [2.24, 2.45) is 0 Å². The van der Waals surface area contributed by atoms with E-state index < -0.39 is 7.12 Å². The van der Waals surface area contributed by atoms with Gasteiger partial charge >= 0.3 is 7.12 Å². The number of rotatable bonds is 2. The van der Waals surface area contributed by atoms with Crippen LogP contribution in [0.25, 0.3) is 32.9 Å². The molecule has 0 bridgehead atoms. The summed E-state index contributed by atoms with van der Waals surface area (Å²) in [6.07, 6.45) is 3.61. The Morgan fingerprint density at radius 1 is 0.579 bits per heavy atom. The van der Waals surface area contributed by atoms with E-state index in [1.165, 1.54) is 11.5 Å². The molecule has 188 valence electrons. The van der Waals surface area contributed by atoms with Crippen LogP contribution in [0.2, 0.25) is 0 Å². The molecule has 38 heavy (non-hydrogen) atoms. The van der Waals surface area contributed by atoms with Gasteiger partial charge in [0.1, 0.15) is 0 Å². The Labute approximate surface area is 229 Å². The maximum absolute atomic E-state index is 8.65. The molecular weight excluding hydrogens is 539 g/mol. The summed E-state index contributed by atoms with van der Waals surface area (Å²) in [6.45, 7) is 0. The third-order valence-corrected chi connectivity index (χ3v) is 6.09. The van der Waals surface area contributed by atoms with Crippen LogP contribution in [0.5, 0.6) is 0 Å². The number of fused-ring (bicyclic) bond motifs is 2. The fraction of sp³-hybridized carbons (Fsp3) is 0. The van der Waals surface area contributed by atoms with E-state index in [2.05, 4.69) is 56.2 Å². The minimum absolute atomic E-state index is 0.417. The standard InChI is InChI=1S/C15H12N2.C9H6BrN.C6H8BNO2/c16-14-5-1-3-11(10-14)12-6-7-15-13(9-12)4-2-8-17-15;10-8-3-4-9-7(6-8)2-1-5-11-9;8-6-3-1-2-5(4-6)7(9)10/h1-10H,16H2;1-6H;1-4,9-10H,8H2. The van der Waals surface area contributed by atoms with E-state index in [1.807, 2.05) is 60.8 Å². The van der Waals surface area contributed by atoms with Gasteiger partial charge in [-0.05, 0) is 83.3 Å². The maximum Gasteiger partial charge on any atom is 0.488 e. The average molecular weight is 565 g/mol. The average Bonchev–Trinajstić information content (AvgIpc) is 2.93. The summed E-state index contributed by atoms with van der Waals surface area (Å²) in [5.74, 6) is 0. The van der Waals surface area contributed by atoms with E-state index in [4.69, 9.17) is 21.5 Å². The fourth-order valence-electron chi connectivity index (χ4n) is 3.74. The zero-order valence-corrected chi connectivity index (χ0v) is 22.0. The number of pyridine rings is 2. The molecule has 0 aliphatic heterocycles. The van der Waals surface area contributed by atoms with E-state index in [-0.39, 0.29) is 0 Å². The van der Waals surface area contributed by atoms with Gasteiger partial charge in [0.2, 0.25) is 0 Å². The number of halogens is 1. The van der Waals surface area contributed by atoms with Crippen LogP contribution in [0.4, 0.5) is 11.4 Å². The van der Waals surface area contributed by atoms with Crippen molar-refractivity contribution in [1.29, 1.82) is 0 Å². The highest BCUT2D eigenvalue weighted by molar-refractivity contribution is 9.10. The molecule has 8 heteroatoms. The molecule has 6 N–H and O–H groups in total. The minimum Gasteiger partial charge on any atom is -0.423 e. The second-order valence-electron chi connectivity index (χ2n) is 8.42. The Kier molecular flexibility index (Phi) is 9.05. The van der Waals surface area contributed by atoms with Crippen molar-refractivity contribution in [1.82, 2.24) is 9.97 Å². The number of anilines is 2. The van der Waals surface area contributed by atoms with Crippen molar-refractivity contribution in [3.8, 4) is 11.1 Å². The lowest BCUT2D eigenvalue weighted by molar-refractivity contribution is 0.426. The number of hydrogen-bond acceptors (Lipinski definition) is 6. The second-order valence-corrected chi connectivity index (χ2v) is 9.34. The van der Waals surface area contributed by atoms with E-state index in [9.17, 15) is 0 Å². The molecule has 2 aromatic heterocycles. The molecule has 6 aromatic rings. The van der Waals surface area contributed by atoms with Crippen molar-refractivity contribution in [3.05, 3.63) is 126 Å². The molecule has 0 spiro atoms. The molecule has 0 saturated carbocycles. The number of aromatic nitrogens is 2. The van der Waals surface area contributed by atoms with Gasteiger partial charge < -0.3 is 21.5 Å². The largest absolute Gasteiger partial charge is 0.488 e. The number of nitrogen functional groups attached to an aromatic ring is 2. The quantitative estimate of drug-likeness (QED) is 0.164. The molecule has 0 saturated heterocycles. The van der Waals surface area contributed by atoms with E-state index in [0.29, 0.717) is 11.2 Å². The first-order valence-corrected chi connectivity index (χ1v) is 12.6. The SMILES string of the molecule is Brc1ccc2ncccc2c1.Nc1cccc(-c2ccc3ncccc3c2)c1.Nc1cccc(B(O)O)c1. The van der Waals surface area contributed by atoms with Gasteiger partial charge in [0, 0.05) is 39.0 Å². The van der Waals surface area contributed by atoms with Crippen LogP contribution in [0.15, 0.2) is 126 Å². The molecule has 0 aliphatic rings. The lowest BCUT2D eigenvalue weighted by atomic mass is 9.80. The molecule has 6 nitrogen and oxygen atoms in total. The van der Waals surface area contributed by atoms with Crippen LogP contribution in [-0.4, -0.2) is 27.1 Å². The molecule has 2 heterocycles. The molecule has 0 fully saturated rings. The predicted molar refractivity (Wildman–Crippen MR) is 162 cm³/mol. The van der Waals surface area contributed by atoms with Crippen LogP contribution in [0.1, 0.15) is 0 Å². The highest BCUT2D eigenvalue weighted by Gasteiger charge is 2.09. The van der Waals surface area contributed by atoms with E-state index >= 15 is 0 Å². The summed E-state index contributed by atoms with van der Waals surface area (Å²) in [6, 6.07) is 34.7. The Balaban J connectivity index is 0.000000140. The van der Waals surface area contributed by atoms with Crippen molar-refractivity contribution in [2.75, 3.05) is 11.5 Å². The molecule has 0 unspecified atom stereocenters. The number of hydrogen-bond donors (Lipinski definition) is 4. The maximum atomic E-state index is 8.65. The zero-order valence-electron chi connectivity index (χ0n) is 20.4. The van der Waals surface area contributed by atoms with Gasteiger partial charge in [-0.3, -0.25) is 9.97 Å². The van der Waals surface area contributed by atoms with Crippen molar-refractivity contribution < 1.29 is 10.0 Å². The van der Waals surface area contributed by atoms with Crippen LogP contribution in [0.3, 0.4) is 0 Å². The summed E-state index contributed by atoms with van der Waals surface area (Å²) < 4.78 is 1.10. The monoisotopic (exact) mass is 564 g/mol. The lowest BCUT2D eigenvalue weighted by Crippen LogP contribution is -2.29. The first-order chi connectivity index (χ1) is 18.4. The summed E-state index contributed by atoms with van der Waals surface area (Å²) in [5, 5.41) is 19.6. The van der Waals surface area contributed by atoms with Gasteiger partial charge in [0.15, 0.2) is 0 Å². The Hall–Kier alpha value is -4.24. The second kappa shape index (κ2) is 12.8.